The van der Waals surface area contributed by atoms with E-state index in [4.69, 9.17) is 0 Å². The van der Waals surface area contributed by atoms with Crippen molar-refractivity contribution >= 4 is 5.91 Å². The first kappa shape index (κ1) is 49.1. The number of hydrogen-bond donors (Lipinski definition) is 3. The molecular formula is C46H91NO3. The Bertz CT molecular complexity index is 680. The number of amides is 1. The highest BCUT2D eigenvalue weighted by Crippen LogP contribution is 2.16. The monoisotopic (exact) mass is 706 g/mol. The molecule has 298 valence electrons. The van der Waals surface area contributed by atoms with Crippen molar-refractivity contribution in [1.29, 1.82) is 0 Å². The largest absolute Gasteiger partial charge is 0.394 e. The van der Waals surface area contributed by atoms with Gasteiger partial charge in [-0.3, -0.25) is 4.79 Å². The Hall–Kier alpha value is -0.870. The van der Waals surface area contributed by atoms with Gasteiger partial charge in [0, 0.05) is 6.42 Å². The summed E-state index contributed by atoms with van der Waals surface area (Å²) in [5.74, 6) is -0.0590. The number of aliphatic hydroxyl groups excluding tert-OH is 2. The lowest BCUT2D eigenvalue weighted by Gasteiger charge is -2.20. The van der Waals surface area contributed by atoms with Gasteiger partial charge in [-0.05, 0) is 19.3 Å². The number of allylic oxidation sites excluding steroid dienone is 1. The van der Waals surface area contributed by atoms with E-state index in [0.29, 0.717) is 6.42 Å². The lowest BCUT2D eigenvalue weighted by atomic mass is 10.0. The number of nitrogens with one attached hydrogen (secondary N) is 1. The molecule has 0 aliphatic heterocycles. The van der Waals surface area contributed by atoms with Crippen molar-refractivity contribution in [3.05, 3.63) is 12.2 Å². The summed E-state index contributed by atoms with van der Waals surface area (Å²) in [5, 5.41) is 23.0. The first-order valence-electron chi connectivity index (χ1n) is 22.9. The van der Waals surface area contributed by atoms with Gasteiger partial charge in [-0.15, -0.1) is 0 Å². The van der Waals surface area contributed by atoms with Crippen LogP contribution in [0.15, 0.2) is 12.2 Å². The van der Waals surface area contributed by atoms with Gasteiger partial charge in [-0.1, -0.05) is 244 Å². The number of carbonyl (C=O) groups excluding carboxylic acids is 1. The Morgan fingerprint density at radius 3 is 1.04 bits per heavy atom. The van der Waals surface area contributed by atoms with Crippen molar-refractivity contribution in [2.45, 2.75) is 270 Å². The van der Waals surface area contributed by atoms with Gasteiger partial charge >= 0.3 is 0 Å². The zero-order chi connectivity index (χ0) is 36.4. The molecule has 0 spiro atoms. The molecule has 0 aromatic rings. The van der Waals surface area contributed by atoms with E-state index < -0.39 is 12.1 Å². The molecule has 0 radical (unpaired) electrons. The Morgan fingerprint density at radius 2 is 0.740 bits per heavy atom. The van der Waals surface area contributed by atoms with Gasteiger partial charge in [-0.25, -0.2) is 0 Å². The third kappa shape index (κ3) is 38.4. The minimum absolute atomic E-state index is 0.0590. The third-order valence-corrected chi connectivity index (χ3v) is 10.8. The SMILES string of the molecule is CCCCCCCCCCCCCCCCCCCCCC=CC(O)C(CO)NC(=O)CCCCCCCCCCCCCCCCCCC. The molecule has 0 heterocycles. The number of hydrogen-bond acceptors (Lipinski definition) is 3. The van der Waals surface area contributed by atoms with Gasteiger partial charge < -0.3 is 15.5 Å². The summed E-state index contributed by atoms with van der Waals surface area (Å²) in [6.45, 7) is 4.33. The molecule has 0 saturated carbocycles. The molecular weight excluding hydrogens is 615 g/mol. The highest BCUT2D eigenvalue weighted by atomic mass is 16.3. The lowest BCUT2D eigenvalue weighted by molar-refractivity contribution is -0.123. The quantitative estimate of drug-likeness (QED) is 0.0437. The molecule has 0 fully saturated rings. The van der Waals surface area contributed by atoms with Crippen LogP contribution in [0.25, 0.3) is 0 Å². The van der Waals surface area contributed by atoms with Crippen LogP contribution in [0.4, 0.5) is 0 Å². The Labute approximate surface area is 314 Å². The average molecular weight is 706 g/mol. The Morgan fingerprint density at radius 1 is 0.460 bits per heavy atom. The van der Waals surface area contributed by atoms with Crippen LogP contribution in [-0.2, 0) is 4.79 Å². The van der Waals surface area contributed by atoms with Crippen LogP contribution in [0, 0.1) is 0 Å². The van der Waals surface area contributed by atoms with Crippen LogP contribution < -0.4 is 5.32 Å². The Kier molecular flexibility index (Phi) is 41.8. The first-order chi connectivity index (χ1) is 24.7. The average Bonchev–Trinajstić information content (AvgIpc) is 3.12. The summed E-state index contributed by atoms with van der Waals surface area (Å²) >= 11 is 0. The predicted octanol–water partition coefficient (Wildman–Crippen LogP) is 14.2. The van der Waals surface area contributed by atoms with E-state index in [1.165, 1.54) is 212 Å². The topological polar surface area (TPSA) is 69.6 Å². The summed E-state index contributed by atoms with van der Waals surface area (Å²) in [7, 11) is 0. The summed E-state index contributed by atoms with van der Waals surface area (Å²) in [6, 6.07) is -0.616. The molecule has 4 nitrogen and oxygen atoms in total. The van der Waals surface area contributed by atoms with Gasteiger partial charge in [0.2, 0.25) is 5.91 Å². The van der Waals surface area contributed by atoms with Crippen LogP contribution in [-0.4, -0.2) is 34.9 Å². The number of unbranched alkanes of at least 4 members (excludes halogenated alkanes) is 35. The fourth-order valence-electron chi connectivity index (χ4n) is 7.24. The van der Waals surface area contributed by atoms with Crippen molar-refractivity contribution in [3.8, 4) is 0 Å². The molecule has 3 N–H and O–H groups in total. The molecule has 0 rings (SSSR count). The van der Waals surface area contributed by atoms with E-state index in [-0.39, 0.29) is 12.5 Å². The van der Waals surface area contributed by atoms with Crippen LogP contribution in [0.1, 0.15) is 258 Å². The minimum Gasteiger partial charge on any atom is -0.394 e. The molecule has 0 saturated heterocycles. The molecule has 50 heavy (non-hydrogen) atoms. The maximum atomic E-state index is 12.4. The molecule has 1 amide bonds. The second-order valence-corrected chi connectivity index (χ2v) is 15.8. The number of carbonyl (C=O) groups is 1. The van der Waals surface area contributed by atoms with Gasteiger partial charge in [0.25, 0.3) is 0 Å². The Balaban J connectivity index is 3.51. The van der Waals surface area contributed by atoms with Gasteiger partial charge in [0.1, 0.15) is 0 Å². The van der Waals surface area contributed by atoms with Crippen molar-refractivity contribution in [3.63, 3.8) is 0 Å². The van der Waals surface area contributed by atoms with E-state index in [2.05, 4.69) is 19.2 Å². The number of rotatable bonds is 42. The highest BCUT2D eigenvalue weighted by Gasteiger charge is 2.17. The normalized spacial score (nSPS) is 13.0. The van der Waals surface area contributed by atoms with Gasteiger partial charge in [0.05, 0.1) is 18.8 Å². The van der Waals surface area contributed by atoms with Crippen molar-refractivity contribution in [2.24, 2.45) is 0 Å². The summed E-state index contributed by atoms with van der Waals surface area (Å²) in [5.41, 5.74) is 0. The molecule has 2 unspecified atom stereocenters. The van der Waals surface area contributed by atoms with Crippen LogP contribution >= 0.6 is 0 Å². The number of aliphatic hydroxyl groups is 2. The zero-order valence-electron chi connectivity index (χ0n) is 34.2. The molecule has 0 aliphatic rings. The second-order valence-electron chi connectivity index (χ2n) is 15.8. The predicted molar refractivity (Wildman–Crippen MR) is 221 cm³/mol. The molecule has 0 aromatic carbocycles. The van der Waals surface area contributed by atoms with Crippen LogP contribution in [0.2, 0.25) is 0 Å². The fourth-order valence-corrected chi connectivity index (χ4v) is 7.24. The van der Waals surface area contributed by atoms with Crippen LogP contribution in [0.5, 0.6) is 0 Å². The molecule has 0 aromatic heterocycles. The van der Waals surface area contributed by atoms with E-state index in [0.717, 1.165) is 25.7 Å². The standard InChI is InChI=1S/C46H91NO3/c1-3-5-7-9-11-13-15-17-19-21-22-23-24-26-27-29-31-33-35-37-39-41-45(49)44(43-48)47-46(50)42-40-38-36-34-32-30-28-25-20-18-16-14-12-10-8-6-4-2/h39,41,44-45,48-49H,3-38,40,42-43H2,1-2H3,(H,47,50). The van der Waals surface area contributed by atoms with Gasteiger partial charge in [-0.2, -0.15) is 0 Å². The van der Waals surface area contributed by atoms with E-state index >= 15 is 0 Å². The molecule has 0 aliphatic carbocycles. The first-order valence-corrected chi connectivity index (χ1v) is 22.9. The molecule has 2 atom stereocenters. The van der Waals surface area contributed by atoms with Crippen molar-refractivity contribution in [1.82, 2.24) is 5.32 Å². The molecule has 0 bridgehead atoms. The zero-order valence-corrected chi connectivity index (χ0v) is 34.2. The molecule has 4 heteroatoms. The summed E-state index contributed by atoms with van der Waals surface area (Å²) in [6.07, 6.45) is 53.2. The van der Waals surface area contributed by atoms with Crippen LogP contribution in [0.3, 0.4) is 0 Å². The highest BCUT2D eigenvalue weighted by molar-refractivity contribution is 5.76. The maximum absolute atomic E-state index is 12.4. The third-order valence-electron chi connectivity index (χ3n) is 10.8. The minimum atomic E-state index is -0.834. The lowest BCUT2D eigenvalue weighted by Crippen LogP contribution is -2.45. The summed E-state index contributed by atoms with van der Waals surface area (Å²) in [4.78, 5) is 12.4. The second kappa shape index (κ2) is 42.5. The van der Waals surface area contributed by atoms with E-state index in [1.54, 1.807) is 6.08 Å². The van der Waals surface area contributed by atoms with Crippen molar-refractivity contribution < 1.29 is 15.0 Å². The maximum Gasteiger partial charge on any atom is 0.220 e. The van der Waals surface area contributed by atoms with E-state index in [1.807, 2.05) is 6.08 Å². The summed E-state index contributed by atoms with van der Waals surface area (Å²) < 4.78 is 0. The smallest absolute Gasteiger partial charge is 0.220 e. The van der Waals surface area contributed by atoms with Crippen molar-refractivity contribution in [2.75, 3.05) is 6.61 Å². The van der Waals surface area contributed by atoms with E-state index in [9.17, 15) is 15.0 Å². The fraction of sp³-hybridized carbons (Fsp3) is 0.935. The van der Waals surface area contributed by atoms with Gasteiger partial charge in [0.15, 0.2) is 0 Å².